The molecule has 0 bridgehead atoms. The largest absolute Gasteiger partial charge is 0.366 e. The summed E-state index contributed by atoms with van der Waals surface area (Å²) in [6.07, 6.45) is 9.18. The number of hydrogen-bond donors (Lipinski definition) is 3. The molecule has 0 spiro atoms. The number of carbonyl (C=O) groups excluding carboxylic acids is 2. The summed E-state index contributed by atoms with van der Waals surface area (Å²) in [5.74, 6) is -0.156. The fraction of sp³-hybridized carbons (Fsp3) is 0.214. The van der Waals surface area contributed by atoms with Crippen LogP contribution >= 0.6 is 0 Å². The minimum Gasteiger partial charge on any atom is -0.366 e. The van der Waals surface area contributed by atoms with Crippen LogP contribution in [-0.2, 0) is 6.54 Å². The Hall–Kier alpha value is -4.93. The molecule has 1 aliphatic rings. The predicted molar refractivity (Wildman–Crippen MR) is 142 cm³/mol. The van der Waals surface area contributed by atoms with Crippen molar-refractivity contribution < 1.29 is 14.0 Å². The first kappa shape index (κ1) is 24.4. The first-order valence-corrected chi connectivity index (χ1v) is 12.7. The molecule has 196 valence electrons. The van der Waals surface area contributed by atoms with Crippen molar-refractivity contribution in [3.05, 3.63) is 89.6 Å². The van der Waals surface area contributed by atoms with Crippen molar-refractivity contribution in [1.29, 1.82) is 0 Å². The molecule has 0 atom stereocenters. The first-order chi connectivity index (χ1) is 18.9. The lowest BCUT2D eigenvalue weighted by molar-refractivity contribution is 0.0946. The molecule has 0 unspecified atom stereocenters. The van der Waals surface area contributed by atoms with Crippen LogP contribution in [0, 0.1) is 5.82 Å². The van der Waals surface area contributed by atoms with Gasteiger partial charge in [0.2, 0.25) is 5.91 Å². The van der Waals surface area contributed by atoms with Gasteiger partial charge in [0.05, 0.1) is 11.9 Å². The highest BCUT2D eigenvalue weighted by Crippen LogP contribution is 2.33. The maximum atomic E-state index is 14.6. The topological polar surface area (TPSA) is 144 Å². The van der Waals surface area contributed by atoms with Crippen molar-refractivity contribution in [2.24, 2.45) is 5.73 Å². The molecule has 10 nitrogen and oxygen atoms in total. The number of benzene rings is 2. The number of carbonyl (C=O) groups is 2. The third-order valence-corrected chi connectivity index (χ3v) is 7.01. The van der Waals surface area contributed by atoms with Gasteiger partial charge < -0.3 is 16.0 Å². The number of amides is 2. The molecule has 6 rings (SSSR count). The first-order valence-electron chi connectivity index (χ1n) is 12.7. The van der Waals surface area contributed by atoms with Crippen LogP contribution in [0.3, 0.4) is 0 Å². The van der Waals surface area contributed by atoms with Gasteiger partial charge in [0.1, 0.15) is 23.5 Å². The fourth-order valence-electron chi connectivity index (χ4n) is 4.99. The van der Waals surface area contributed by atoms with Gasteiger partial charge in [0.15, 0.2) is 11.3 Å². The van der Waals surface area contributed by atoms with Gasteiger partial charge in [0, 0.05) is 29.8 Å². The van der Waals surface area contributed by atoms with E-state index < -0.39 is 17.6 Å². The number of primary amides is 1. The number of imidazole rings is 1. The second-order valence-corrected chi connectivity index (χ2v) is 9.64. The molecule has 2 amide bonds. The van der Waals surface area contributed by atoms with Gasteiger partial charge in [-0.3, -0.25) is 9.59 Å². The summed E-state index contributed by atoms with van der Waals surface area (Å²) in [4.78, 5) is 40.6. The zero-order chi connectivity index (χ0) is 26.9. The zero-order valence-electron chi connectivity index (χ0n) is 20.9. The maximum Gasteiger partial charge on any atom is 0.272 e. The molecule has 5 aromatic rings. The van der Waals surface area contributed by atoms with E-state index in [1.807, 2.05) is 0 Å². The average molecular weight is 525 g/mol. The summed E-state index contributed by atoms with van der Waals surface area (Å²) in [7, 11) is 0. The van der Waals surface area contributed by atoms with Crippen molar-refractivity contribution in [3.8, 4) is 16.8 Å². The van der Waals surface area contributed by atoms with Crippen LogP contribution in [0.15, 0.2) is 61.2 Å². The quantitative estimate of drug-likeness (QED) is 0.293. The summed E-state index contributed by atoms with van der Waals surface area (Å²) in [5, 5.41) is 7.19. The van der Waals surface area contributed by atoms with E-state index in [4.69, 9.17) is 5.73 Å². The minimum atomic E-state index is -0.510. The molecule has 4 N–H and O–H groups in total. The Balaban J connectivity index is 1.19. The van der Waals surface area contributed by atoms with Crippen LogP contribution in [0.1, 0.15) is 63.8 Å². The van der Waals surface area contributed by atoms with E-state index in [0.717, 1.165) is 24.4 Å². The number of aromatic nitrogens is 6. The second kappa shape index (κ2) is 10.1. The molecule has 0 saturated heterocycles. The van der Waals surface area contributed by atoms with Crippen molar-refractivity contribution in [2.75, 3.05) is 0 Å². The maximum absolute atomic E-state index is 14.6. The van der Waals surface area contributed by atoms with Crippen molar-refractivity contribution >= 4 is 23.0 Å². The van der Waals surface area contributed by atoms with E-state index in [0.29, 0.717) is 39.3 Å². The molecule has 3 heterocycles. The molecular formula is C28H25FN8O2. The smallest absolute Gasteiger partial charge is 0.272 e. The van der Waals surface area contributed by atoms with Gasteiger partial charge in [-0.05, 0) is 66.4 Å². The lowest BCUT2D eigenvalue weighted by Crippen LogP contribution is -2.24. The molecule has 1 saturated carbocycles. The Morgan fingerprint density at radius 2 is 1.87 bits per heavy atom. The number of nitrogens with zero attached hydrogens (tertiary/aromatic N) is 5. The fourth-order valence-corrected chi connectivity index (χ4v) is 4.99. The second-order valence-electron chi connectivity index (χ2n) is 9.64. The van der Waals surface area contributed by atoms with E-state index in [9.17, 15) is 14.0 Å². The summed E-state index contributed by atoms with van der Waals surface area (Å²) >= 11 is 0. The third kappa shape index (κ3) is 4.98. The van der Waals surface area contributed by atoms with Crippen molar-refractivity contribution in [1.82, 2.24) is 35.0 Å². The van der Waals surface area contributed by atoms with E-state index >= 15 is 0 Å². The van der Waals surface area contributed by atoms with Gasteiger partial charge in [0.25, 0.3) is 5.91 Å². The van der Waals surface area contributed by atoms with Crippen molar-refractivity contribution in [2.45, 2.75) is 38.1 Å². The molecule has 11 heteroatoms. The van der Waals surface area contributed by atoms with Gasteiger partial charge in [-0.15, -0.1) is 0 Å². The van der Waals surface area contributed by atoms with Crippen LogP contribution < -0.4 is 11.1 Å². The monoisotopic (exact) mass is 524 g/mol. The van der Waals surface area contributed by atoms with E-state index in [2.05, 4.69) is 30.4 Å². The highest BCUT2D eigenvalue weighted by Gasteiger charge is 2.23. The number of nitrogens with two attached hydrogens (primary N) is 1. The highest BCUT2D eigenvalue weighted by molar-refractivity contribution is 6.02. The number of hydrogen-bond acceptors (Lipinski definition) is 6. The zero-order valence-corrected chi connectivity index (χ0v) is 20.9. The SMILES string of the molecule is NC(=O)c1ccc(-n2cc(-c3cc(F)cc(CNC(=O)c4ncnc5nc(C6CCCC6)[nH]c45)c3)cn2)cc1. The number of nitrogens with one attached hydrogen (secondary N) is 2. The predicted octanol–water partition coefficient (Wildman–Crippen LogP) is 4.03. The summed E-state index contributed by atoms with van der Waals surface area (Å²) in [6, 6.07) is 11.3. The number of rotatable bonds is 7. The molecule has 1 fully saturated rings. The Morgan fingerprint density at radius 3 is 2.64 bits per heavy atom. The van der Waals surface area contributed by atoms with E-state index in [1.165, 1.54) is 31.3 Å². The molecule has 0 aliphatic heterocycles. The lowest BCUT2D eigenvalue weighted by Gasteiger charge is -2.08. The Kier molecular flexibility index (Phi) is 6.31. The number of H-pyrrole nitrogens is 1. The molecule has 0 radical (unpaired) electrons. The third-order valence-electron chi connectivity index (χ3n) is 7.01. The normalized spacial score (nSPS) is 13.7. The lowest BCUT2D eigenvalue weighted by atomic mass is 10.1. The Labute approximate surface area is 222 Å². The van der Waals surface area contributed by atoms with Gasteiger partial charge in [-0.2, -0.15) is 5.10 Å². The van der Waals surface area contributed by atoms with Crippen LogP contribution in [-0.4, -0.2) is 41.5 Å². The Bertz CT molecular complexity index is 1690. The van der Waals surface area contributed by atoms with E-state index in [-0.39, 0.29) is 12.2 Å². The van der Waals surface area contributed by atoms with Gasteiger partial charge in [-0.1, -0.05) is 12.8 Å². The summed E-state index contributed by atoms with van der Waals surface area (Å²) < 4.78 is 16.2. The Morgan fingerprint density at radius 1 is 1.08 bits per heavy atom. The molecule has 2 aromatic carbocycles. The van der Waals surface area contributed by atoms with Crippen LogP contribution in [0.2, 0.25) is 0 Å². The van der Waals surface area contributed by atoms with E-state index in [1.54, 1.807) is 47.4 Å². The molecular weight excluding hydrogens is 499 g/mol. The van der Waals surface area contributed by atoms with Crippen molar-refractivity contribution in [3.63, 3.8) is 0 Å². The minimum absolute atomic E-state index is 0.0986. The summed E-state index contributed by atoms with van der Waals surface area (Å²) in [6.45, 7) is 0.0986. The number of fused-ring (bicyclic) bond motifs is 1. The molecule has 1 aliphatic carbocycles. The van der Waals surface area contributed by atoms with Crippen LogP contribution in [0.4, 0.5) is 4.39 Å². The number of halogens is 1. The molecule has 39 heavy (non-hydrogen) atoms. The molecule has 3 aromatic heterocycles. The average Bonchev–Trinajstić information content (AvgIpc) is 3.71. The standard InChI is InChI=1S/C28H25FN8O2/c29-21-10-16(9-19(11-21)20-13-34-37(14-20)22-7-5-17(6-8-22)25(30)38)12-31-28(39)24-23-27(33-15-32-24)36-26(35-23)18-3-1-2-4-18/h5-11,13-15,18H,1-4,12H2,(H2,30,38)(H,31,39)(H,32,33,35,36). The van der Waals surface area contributed by atoms with Gasteiger partial charge >= 0.3 is 0 Å². The van der Waals surface area contributed by atoms with Gasteiger partial charge in [-0.25, -0.2) is 24.0 Å². The van der Waals surface area contributed by atoms with Crippen LogP contribution in [0.5, 0.6) is 0 Å². The highest BCUT2D eigenvalue weighted by atomic mass is 19.1. The number of aromatic amines is 1. The van der Waals surface area contributed by atoms with Crippen LogP contribution in [0.25, 0.3) is 28.0 Å². The summed E-state index contributed by atoms with van der Waals surface area (Å²) in [5.41, 5.74) is 9.48.